The van der Waals surface area contributed by atoms with Gasteiger partial charge in [-0.05, 0) is 31.4 Å². The average molecular weight is 432 g/mol. The van der Waals surface area contributed by atoms with E-state index in [2.05, 4.69) is 39.6 Å². The molecule has 1 aromatic carbocycles. The lowest BCUT2D eigenvalue weighted by molar-refractivity contribution is 0.393. The number of nitrogens with zero attached hydrogens (tertiary/aromatic N) is 3. The Morgan fingerprint density at radius 1 is 1.17 bits per heavy atom. The zero-order valence-corrected chi connectivity index (χ0v) is 18.6. The molecule has 7 nitrogen and oxygen atoms in total. The molecule has 1 aliphatic rings. The van der Waals surface area contributed by atoms with E-state index in [-0.39, 0.29) is 0 Å². The molecule has 0 aliphatic carbocycles. The molecule has 0 atom stereocenters. The summed E-state index contributed by atoms with van der Waals surface area (Å²) in [5.74, 6) is 2.44. The summed E-state index contributed by atoms with van der Waals surface area (Å²) in [6, 6.07) is 10.1. The Morgan fingerprint density at radius 2 is 1.87 bits per heavy atom. The van der Waals surface area contributed by atoms with Crippen LogP contribution in [0.4, 0.5) is 5.69 Å². The average Bonchev–Trinajstić information content (AvgIpc) is 2.78. The van der Waals surface area contributed by atoms with Crippen molar-refractivity contribution in [2.24, 2.45) is 4.99 Å². The second-order valence-corrected chi connectivity index (χ2v) is 7.55. The Bertz CT molecular complexity index is 814. The predicted molar refractivity (Wildman–Crippen MR) is 122 cm³/mol. The van der Waals surface area contributed by atoms with Gasteiger partial charge in [0.05, 0.1) is 20.8 Å². The number of ether oxygens (including phenoxy) is 2. The standard InChI is InChI=1S/C22H30ClN5O2/c1-4-24-22(26-15-16-5-6-21(23)25-14-16)27-17-7-9-28(10-8-17)18-11-19(29-2)13-20(12-18)30-3/h5-6,11-14,17H,4,7-10,15H2,1-3H3,(H2,24,26,27). The number of nitrogens with one attached hydrogen (secondary N) is 2. The lowest BCUT2D eigenvalue weighted by Gasteiger charge is -2.34. The Kier molecular flexibility index (Phi) is 8.02. The highest BCUT2D eigenvalue weighted by Gasteiger charge is 2.21. The Balaban J connectivity index is 1.58. The lowest BCUT2D eigenvalue weighted by Crippen LogP contribution is -2.48. The molecule has 1 aromatic heterocycles. The van der Waals surface area contributed by atoms with Gasteiger partial charge in [0.15, 0.2) is 5.96 Å². The van der Waals surface area contributed by atoms with E-state index in [1.807, 2.05) is 12.1 Å². The van der Waals surface area contributed by atoms with Crippen LogP contribution in [-0.4, -0.2) is 50.8 Å². The SMILES string of the molecule is CCNC(=NCc1ccc(Cl)nc1)NC1CCN(c2cc(OC)cc(OC)c2)CC1. The van der Waals surface area contributed by atoms with Gasteiger partial charge < -0.3 is 25.0 Å². The van der Waals surface area contributed by atoms with Crippen LogP contribution in [0.3, 0.4) is 0 Å². The zero-order valence-electron chi connectivity index (χ0n) is 17.8. The normalized spacial score (nSPS) is 15.1. The van der Waals surface area contributed by atoms with E-state index >= 15 is 0 Å². The number of benzene rings is 1. The number of pyridine rings is 1. The summed E-state index contributed by atoms with van der Waals surface area (Å²) in [7, 11) is 3.35. The van der Waals surface area contributed by atoms with Gasteiger partial charge >= 0.3 is 0 Å². The molecule has 2 heterocycles. The van der Waals surface area contributed by atoms with Gasteiger partial charge in [-0.25, -0.2) is 9.98 Å². The number of rotatable bonds is 7. The van der Waals surface area contributed by atoms with Crippen molar-refractivity contribution in [1.29, 1.82) is 0 Å². The fourth-order valence-corrected chi connectivity index (χ4v) is 3.55. The minimum absolute atomic E-state index is 0.370. The summed E-state index contributed by atoms with van der Waals surface area (Å²) in [6.45, 7) is 5.35. The first-order valence-corrected chi connectivity index (χ1v) is 10.6. The number of hydrogen-bond acceptors (Lipinski definition) is 5. The second kappa shape index (κ2) is 10.9. The molecule has 1 aliphatic heterocycles. The summed E-state index contributed by atoms with van der Waals surface area (Å²) >= 11 is 5.85. The maximum absolute atomic E-state index is 5.85. The van der Waals surface area contributed by atoms with Crippen LogP contribution in [0.25, 0.3) is 0 Å². The molecule has 30 heavy (non-hydrogen) atoms. The first kappa shape index (κ1) is 22.0. The van der Waals surface area contributed by atoms with Gasteiger partial charge in [-0.15, -0.1) is 0 Å². The molecule has 2 aromatic rings. The molecular formula is C22H30ClN5O2. The maximum Gasteiger partial charge on any atom is 0.191 e. The van der Waals surface area contributed by atoms with Crippen molar-refractivity contribution >= 4 is 23.2 Å². The number of methoxy groups -OCH3 is 2. The van der Waals surface area contributed by atoms with Gasteiger partial charge in [-0.1, -0.05) is 17.7 Å². The van der Waals surface area contributed by atoms with Crippen molar-refractivity contribution in [2.45, 2.75) is 32.4 Å². The van der Waals surface area contributed by atoms with Gasteiger partial charge in [-0.3, -0.25) is 0 Å². The highest BCUT2D eigenvalue weighted by Crippen LogP contribution is 2.30. The van der Waals surface area contributed by atoms with E-state index in [0.717, 1.165) is 61.2 Å². The zero-order chi connectivity index (χ0) is 21.3. The molecule has 0 bridgehead atoms. The van der Waals surface area contributed by atoms with Crippen LogP contribution in [0.1, 0.15) is 25.3 Å². The predicted octanol–water partition coefficient (Wildman–Crippen LogP) is 3.48. The molecule has 3 rings (SSSR count). The van der Waals surface area contributed by atoms with Crippen LogP contribution < -0.4 is 25.0 Å². The van der Waals surface area contributed by atoms with Gasteiger partial charge in [0.1, 0.15) is 16.7 Å². The maximum atomic E-state index is 5.85. The van der Waals surface area contributed by atoms with Crippen LogP contribution in [0, 0.1) is 0 Å². The summed E-state index contributed by atoms with van der Waals surface area (Å²) < 4.78 is 10.8. The number of halogens is 1. The fourth-order valence-electron chi connectivity index (χ4n) is 3.44. The fraction of sp³-hybridized carbons (Fsp3) is 0.455. The largest absolute Gasteiger partial charge is 0.497 e. The van der Waals surface area contributed by atoms with Crippen LogP contribution in [0.5, 0.6) is 11.5 Å². The Hall–Kier alpha value is -2.67. The van der Waals surface area contributed by atoms with Crippen molar-refractivity contribution in [2.75, 3.05) is 38.8 Å². The second-order valence-electron chi connectivity index (χ2n) is 7.16. The Labute approximate surface area is 183 Å². The van der Waals surface area contributed by atoms with Crippen molar-refractivity contribution in [3.63, 3.8) is 0 Å². The highest BCUT2D eigenvalue weighted by molar-refractivity contribution is 6.29. The first-order chi connectivity index (χ1) is 14.6. The summed E-state index contributed by atoms with van der Waals surface area (Å²) in [5.41, 5.74) is 2.15. The van der Waals surface area contributed by atoms with Crippen molar-refractivity contribution in [1.82, 2.24) is 15.6 Å². The molecule has 1 fully saturated rings. The van der Waals surface area contributed by atoms with E-state index in [0.29, 0.717) is 17.7 Å². The topological polar surface area (TPSA) is 71.0 Å². The number of aromatic nitrogens is 1. The number of anilines is 1. The molecule has 0 amide bonds. The quantitative estimate of drug-likeness (QED) is 0.397. The van der Waals surface area contributed by atoms with Gasteiger partial charge in [0.2, 0.25) is 0 Å². The summed E-state index contributed by atoms with van der Waals surface area (Å²) in [5, 5.41) is 7.40. The third-order valence-corrected chi connectivity index (χ3v) is 5.31. The van der Waals surface area contributed by atoms with Crippen LogP contribution in [0.2, 0.25) is 5.15 Å². The summed E-state index contributed by atoms with van der Waals surface area (Å²) in [4.78, 5) is 11.2. The summed E-state index contributed by atoms with van der Waals surface area (Å²) in [6.07, 6.45) is 3.80. The number of guanidine groups is 1. The van der Waals surface area contributed by atoms with E-state index in [1.165, 1.54) is 0 Å². The van der Waals surface area contributed by atoms with Gasteiger partial charge in [0.25, 0.3) is 0 Å². The number of piperidine rings is 1. The van der Waals surface area contributed by atoms with Crippen LogP contribution >= 0.6 is 11.6 Å². The van der Waals surface area contributed by atoms with Crippen molar-refractivity contribution in [3.05, 3.63) is 47.2 Å². The number of aliphatic imine (C=N–C) groups is 1. The molecule has 2 N–H and O–H groups in total. The van der Waals surface area contributed by atoms with Crippen LogP contribution in [0.15, 0.2) is 41.5 Å². The van der Waals surface area contributed by atoms with Gasteiger partial charge in [0, 0.05) is 55.8 Å². The molecule has 0 spiro atoms. The van der Waals surface area contributed by atoms with E-state index in [1.54, 1.807) is 26.5 Å². The third-order valence-electron chi connectivity index (χ3n) is 5.09. The molecular weight excluding hydrogens is 402 g/mol. The molecule has 0 radical (unpaired) electrons. The number of hydrogen-bond donors (Lipinski definition) is 2. The van der Waals surface area contributed by atoms with Crippen molar-refractivity contribution < 1.29 is 9.47 Å². The molecule has 8 heteroatoms. The first-order valence-electron chi connectivity index (χ1n) is 10.2. The van der Waals surface area contributed by atoms with Gasteiger partial charge in [-0.2, -0.15) is 0 Å². The highest BCUT2D eigenvalue weighted by atomic mass is 35.5. The monoisotopic (exact) mass is 431 g/mol. The molecule has 162 valence electrons. The minimum atomic E-state index is 0.370. The minimum Gasteiger partial charge on any atom is -0.497 e. The van der Waals surface area contributed by atoms with E-state index < -0.39 is 0 Å². The molecule has 1 saturated heterocycles. The van der Waals surface area contributed by atoms with Crippen molar-refractivity contribution in [3.8, 4) is 11.5 Å². The third kappa shape index (κ3) is 6.16. The Morgan fingerprint density at radius 3 is 2.43 bits per heavy atom. The smallest absolute Gasteiger partial charge is 0.191 e. The van der Waals surface area contributed by atoms with Crippen LogP contribution in [-0.2, 0) is 6.54 Å². The molecule has 0 saturated carbocycles. The van der Waals surface area contributed by atoms with E-state index in [4.69, 9.17) is 26.1 Å². The van der Waals surface area contributed by atoms with E-state index in [9.17, 15) is 0 Å². The lowest BCUT2D eigenvalue weighted by atomic mass is 10.0. The molecule has 0 unspecified atom stereocenters.